The molecule has 0 atom stereocenters. The molecule has 0 bridgehead atoms. The normalized spacial score (nSPS) is 11.6. The predicted molar refractivity (Wildman–Crippen MR) is 121 cm³/mol. The third kappa shape index (κ3) is 5.25. The van der Waals surface area contributed by atoms with Crippen LogP contribution in [-0.2, 0) is 10.9 Å². The summed E-state index contributed by atoms with van der Waals surface area (Å²) in [5, 5.41) is 15.2. The highest BCUT2D eigenvalue weighted by Crippen LogP contribution is 2.35. The van der Waals surface area contributed by atoms with Crippen LogP contribution >= 0.6 is 0 Å². The number of aromatic nitrogens is 1. The van der Waals surface area contributed by atoms with Crippen LogP contribution in [-0.4, -0.2) is 28.3 Å². The number of halogens is 3. The molecule has 1 heterocycles. The quantitative estimate of drug-likeness (QED) is 0.207. The number of rotatable bonds is 7. The SMILES string of the molecule is CCOC(=O)c1cccc(-n2c(C)cc(/C=N\Nc3ccc(C(F)(F)F)cc3[N+](=O)[O-])c2C)c1. The first-order valence-electron chi connectivity index (χ1n) is 10.1. The number of esters is 1. The van der Waals surface area contributed by atoms with E-state index >= 15 is 0 Å². The van der Waals surface area contributed by atoms with Gasteiger partial charge in [0.1, 0.15) is 5.69 Å². The number of anilines is 1. The Hall–Kier alpha value is -4.15. The van der Waals surface area contributed by atoms with E-state index in [1.165, 1.54) is 6.21 Å². The van der Waals surface area contributed by atoms with Gasteiger partial charge in [0.25, 0.3) is 5.69 Å². The number of nitro benzene ring substituents is 1. The lowest BCUT2D eigenvalue weighted by Crippen LogP contribution is -2.07. The smallest absolute Gasteiger partial charge is 0.416 e. The van der Waals surface area contributed by atoms with Crippen molar-refractivity contribution in [2.75, 3.05) is 12.0 Å². The monoisotopic (exact) mass is 474 g/mol. The van der Waals surface area contributed by atoms with Crippen molar-refractivity contribution in [3.63, 3.8) is 0 Å². The van der Waals surface area contributed by atoms with Gasteiger partial charge in [-0.2, -0.15) is 18.3 Å². The molecule has 2 aromatic carbocycles. The Morgan fingerprint density at radius 3 is 2.59 bits per heavy atom. The lowest BCUT2D eigenvalue weighted by Gasteiger charge is -2.11. The Bertz CT molecular complexity index is 1270. The summed E-state index contributed by atoms with van der Waals surface area (Å²) in [6.45, 7) is 5.66. The van der Waals surface area contributed by atoms with Gasteiger partial charge < -0.3 is 9.30 Å². The van der Waals surface area contributed by atoms with Gasteiger partial charge >= 0.3 is 12.1 Å². The maximum atomic E-state index is 12.9. The Kier molecular flexibility index (Phi) is 7.04. The van der Waals surface area contributed by atoms with Crippen LogP contribution in [0.4, 0.5) is 24.5 Å². The van der Waals surface area contributed by atoms with E-state index in [0.29, 0.717) is 17.2 Å². The maximum absolute atomic E-state index is 12.9. The van der Waals surface area contributed by atoms with Crippen molar-refractivity contribution in [2.24, 2.45) is 5.10 Å². The van der Waals surface area contributed by atoms with E-state index in [1.807, 2.05) is 30.5 Å². The molecule has 0 aliphatic carbocycles. The van der Waals surface area contributed by atoms with Crippen LogP contribution in [0.1, 0.15) is 39.8 Å². The van der Waals surface area contributed by atoms with Crippen LogP contribution in [0.2, 0.25) is 0 Å². The van der Waals surface area contributed by atoms with Crippen molar-refractivity contribution in [3.8, 4) is 5.69 Å². The minimum absolute atomic E-state index is 0.176. The fourth-order valence-corrected chi connectivity index (χ4v) is 3.43. The molecular weight excluding hydrogens is 453 g/mol. The van der Waals surface area contributed by atoms with Gasteiger partial charge in [-0.3, -0.25) is 15.5 Å². The third-order valence-corrected chi connectivity index (χ3v) is 5.00. The van der Waals surface area contributed by atoms with E-state index in [4.69, 9.17) is 4.74 Å². The molecule has 0 spiro atoms. The van der Waals surface area contributed by atoms with E-state index in [-0.39, 0.29) is 12.3 Å². The number of nitrogens with zero attached hydrogens (tertiary/aromatic N) is 3. The number of nitro groups is 1. The first kappa shape index (κ1) is 24.5. The average Bonchev–Trinajstić information content (AvgIpc) is 3.06. The van der Waals surface area contributed by atoms with Crippen molar-refractivity contribution in [1.82, 2.24) is 4.57 Å². The second-order valence-corrected chi connectivity index (χ2v) is 7.29. The predicted octanol–water partition coefficient (Wildman–Crippen LogP) is 5.64. The standard InChI is InChI=1S/C23H21F3N4O4/c1-4-34-22(31)16-6-5-7-19(11-16)29-14(2)10-17(15(29)3)13-27-28-20-9-8-18(23(24,25)26)12-21(20)30(32)33/h5-13,28H,4H2,1-3H3/b27-13-. The summed E-state index contributed by atoms with van der Waals surface area (Å²) in [5.74, 6) is -0.434. The van der Waals surface area contributed by atoms with Gasteiger partial charge in [-0.05, 0) is 57.2 Å². The summed E-state index contributed by atoms with van der Waals surface area (Å²) in [6, 6.07) is 10.9. The zero-order valence-corrected chi connectivity index (χ0v) is 18.5. The summed E-state index contributed by atoms with van der Waals surface area (Å²) < 4.78 is 45.5. The zero-order chi connectivity index (χ0) is 25.0. The highest BCUT2D eigenvalue weighted by molar-refractivity contribution is 5.90. The number of alkyl halides is 3. The molecule has 178 valence electrons. The van der Waals surface area contributed by atoms with Crippen LogP contribution in [0.3, 0.4) is 0 Å². The molecule has 0 saturated carbocycles. The van der Waals surface area contributed by atoms with Gasteiger partial charge in [0.15, 0.2) is 0 Å². The largest absolute Gasteiger partial charge is 0.462 e. The first-order chi connectivity index (χ1) is 16.0. The van der Waals surface area contributed by atoms with Crippen molar-refractivity contribution in [2.45, 2.75) is 26.9 Å². The molecule has 0 fully saturated rings. The summed E-state index contributed by atoms with van der Waals surface area (Å²) in [7, 11) is 0. The minimum atomic E-state index is -4.70. The third-order valence-electron chi connectivity index (χ3n) is 5.00. The molecule has 11 heteroatoms. The summed E-state index contributed by atoms with van der Waals surface area (Å²) in [5.41, 5.74) is 3.80. The molecule has 34 heavy (non-hydrogen) atoms. The van der Waals surface area contributed by atoms with Crippen molar-refractivity contribution in [3.05, 3.63) is 86.7 Å². The van der Waals surface area contributed by atoms with Gasteiger partial charge in [-0.25, -0.2) is 4.79 Å². The fraction of sp³-hybridized carbons (Fsp3) is 0.217. The number of hydrogen-bond acceptors (Lipinski definition) is 6. The lowest BCUT2D eigenvalue weighted by atomic mass is 10.1. The Balaban J connectivity index is 1.87. The van der Waals surface area contributed by atoms with E-state index in [0.717, 1.165) is 29.2 Å². The van der Waals surface area contributed by atoms with Crippen LogP contribution in [0.5, 0.6) is 0 Å². The van der Waals surface area contributed by atoms with Crippen molar-refractivity contribution < 1.29 is 27.6 Å². The molecule has 0 amide bonds. The van der Waals surface area contributed by atoms with E-state index in [9.17, 15) is 28.1 Å². The summed E-state index contributed by atoms with van der Waals surface area (Å²) in [6.07, 6.45) is -3.29. The molecule has 1 N–H and O–H groups in total. The number of aryl methyl sites for hydroxylation is 1. The van der Waals surface area contributed by atoms with Crippen LogP contribution in [0.25, 0.3) is 5.69 Å². The molecule has 0 aliphatic rings. The van der Waals surface area contributed by atoms with Crippen LogP contribution in [0, 0.1) is 24.0 Å². The summed E-state index contributed by atoms with van der Waals surface area (Å²) in [4.78, 5) is 22.4. The average molecular weight is 474 g/mol. The number of hydrazone groups is 1. The number of hydrogen-bond donors (Lipinski definition) is 1. The molecule has 3 rings (SSSR count). The van der Waals surface area contributed by atoms with Gasteiger partial charge in [-0.1, -0.05) is 6.07 Å². The van der Waals surface area contributed by atoms with E-state index < -0.39 is 28.3 Å². The van der Waals surface area contributed by atoms with Gasteiger partial charge in [0.2, 0.25) is 0 Å². The number of ether oxygens (including phenoxy) is 1. The van der Waals surface area contributed by atoms with E-state index in [2.05, 4.69) is 10.5 Å². The van der Waals surface area contributed by atoms with Gasteiger partial charge in [0, 0.05) is 28.7 Å². The highest BCUT2D eigenvalue weighted by Gasteiger charge is 2.33. The molecule has 0 saturated heterocycles. The molecule has 0 radical (unpaired) electrons. The zero-order valence-electron chi connectivity index (χ0n) is 18.5. The van der Waals surface area contributed by atoms with Gasteiger partial charge in [0.05, 0.1) is 28.9 Å². The molecule has 1 aromatic heterocycles. The van der Waals surface area contributed by atoms with Crippen molar-refractivity contribution in [1.29, 1.82) is 0 Å². The number of nitrogens with one attached hydrogen (secondary N) is 1. The van der Waals surface area contributed by atoms with E-state index in [1.54, 1.807) is 25.1 Å². The Labute approximate surface area is 192 Å². The topological polar surface area (TPSA) is 98.8 Å². The summed E-state index contributed by atoms with van der Waals surface area (Å²) >= 11 is 0. The van der Waals surface area contributed by atoms with Crippen molar-refractivity contribution >= 4 is 23.6 Å². The van der Waals surface area contributed by atoms with Gasteiger partial charge in [-0.15, -0.1) is 0 Å². The Morgan fingerprint density at radius 1 is 1.21 bits per heavy atom. The molecule has 0 aliphatic heterocycles. The second-order valence-electron chi connectivity index (χ2n) is 7.29. The van der Waals surface area contributed by atoms with Crippen LogP contribution < -0.4 is 5.43 Å². The lowest BCUT2D eigenvalue weighted by molar-refractivity contribution is -0.384. The maximum Gasteiger partial charge on any atom is 0.416 e. The fourth-order valence-electron chi connectivity index (χ4n) is 3.43. The molecule has 8 nitrogen and oxygen atoms in total. The molecule has 3 aromatic rings. The molecule has 0 unspecified atom stereocenters. The second kappa shape index (κ2) is 9.77. The Morgan fingerprint density at radius 2 is 1.94 bits per heavy atom. The number of benzene rings is 2. The number of carbonyl (C=O) groups excluding carboxylic acids is 1. The van der Waals surface area contributed by atoms with Crippen LogP contribution in [0.15, 0.2) is 53.6 Å². The first-order valence-corrected chi connectivity index (χ1v) is 10.1. The minimum Gasteiger partial charge on any atom is -0.462 e. The number of carbonyl (C=O) groups is 1. The molecular formula is C23H21F3N4O4. The highest BCUT2D eigenvalue weighted by atomic mass is 19.4.